The summed E-state index contributed by atoms with van der Waals surface area (Å²) >= 11 is 3.57. The van der Waals surface area contributed by atoms with Crippen LogP contribution in [0, 0.1) is 0 Å². The zero-order valence-corrected chi connectivity index (χ0v) is 22.9. The van der Waals surface area contributed by atoms with E-state index in [1.807, 2.05) is 69.3 Å². The predicted octanol–water partition coefficient (Wildman–Crippen LogP) is 5.89. The van der Waals surface area contributed by atoms with Gasteiger partial charge in [0.1, 0.15) is 11.8 Å². The number of ether oxygens (including phenoxy) is 1. The van der Waals surface area contributed by atoms with Crippen molar-refractivity contribution in [3.63, 3.8) is 0 Å². The average molecular weight is 532 g/mol. The van der Waals surface area contributed by atoms with Crippen molar-refractivity contribution in [1.29, 1.82) is 0 Å². The molecule has 0 aromatic heterocycles. The minimum absolute atomic E-state index is 0.0163. The van der Waals surface area contributed by atoms with E-state index in [-0.39, 0.29) is 29.9 Å². The fraction of sp³-hybridized carbons (Fsp3) is 0.500. The third-order valence-corrected chi connectivity index (χ3v) is 6.64. The van der Waals surface area contributed by atoms with Crippen molar-refractivity contribution in [2.24, 2.45) is 0 Å². The van der Waals surface area contributed by atoms with E-state index in [2.05, 4.69) is 42.0 Å². The van der Waals surface area contributed by atoms with Crippen molar-refractivity contribution in [3.05, 3.63) is 64.1 Å². The first-order valence-electron chi connectivity index (χ1n) is 12.1. The van der Waals surface area contributed by atoms with Crippen LogP contribution in [0.25, 0.3) is 0 Å². The molecular weight excluding hydrogens is 492 g/mol. The SMILES string of the molecule is CC[C@H](C(=O)N[C@@H](C)CC)N(CCc1ccccc1)C(=O)COc1ccc(C(C)(C)C)cc1Br. The molecular formula is C28H39BrN2O3. The quantitative estimate of drug-likeness (QED) is 0.394. The van der Waals surface area contributed by atoms with Gasteiger partial charge in [-0.1, -0.05) is 71.0 Å². The fourth-order valence-corrected chi connectivity index (χ4v) is 4.14. The van der Waals surface area contributed by atoms with E-state index in [4.69, 9.17) is 4.74 Å². The van der Waals surface area contributed by atoms with Gasteiger partial charge in [0.2, 0.25) is 5.91 Å². The van der Waals surface area contributed by atoms with Crippen LogP contribution in [0.1, 0.15) is 65.5 Å². The highest BCUT2D eigenvalue weighted by Crippen LogP contribution is 2.31. The molecule has 186 valence electrons. The highest BCUT2D eigenvalue weighted by Gasteiger charge is 2.29. The van der Waals surface area contributed by atoms with Crippen molar-refractivity contribution in [2.45, 2.75) is 78.3 Å². The molecule has 0 aliphatic carbocycles. The lowest BCUT2D eigenvalue weighted by molar-refractivity contribution is -0.142. The summed E-state index contributed by atoms with van der Waals surface area (Å²) < 4.78 is 6.72. The van der Waals surface area contributed by atoms with Gasteiger partial charge in [-0.25, -0.2) is 0 Å². The Hall–Kier alpha value is -2.34. The molecule has 0 radical (unpaired) electrons. The molecule has 2 rings (SSSR count). The molecule has 5 nitrogen and oxygen atoms in total. The Kier molecular flexibility index (Phi) is 10.6. The lowest BCUT2D eigenvalue weighted by Gasteiger charge is -2.31. The third-order valence-electron chi connectivity index (χ3n) is 6.02. The number of hydrogen-bond donors (Lipinski definition) is 1. The molecule has 2 amide bonds. The third kappa shape index (κ3) is 8.15. The first kappa shape index (κ1) is 27.9. The largest absolute Gasteiger partial charge is 0.483 e. The van der Waals surface area contributed by atoms with Crippen LogP contribution in [0.3, 0.4) is 0 Å². The molecule has 0 saturated heterocycles. The Balaban J connectivity index is 2.18. The Bertz CT molecular complexity index is 940. The molecule has 0 fully saturated rings. The highest BCUT2D eigenvalue weighted by atomic mass is 79.9. The number of carbonyl (C=O) groups is 2. The minimum Gasteiger partial charge on any atom is -0.483 e. The Morgan fingerprint density at radius 3 is 2.29 bits per heavy atom. The number of hydrogen-bond acceptors (Lipinski definition) is 3. The number of nitrogens with zero attached hydrogens (tertiary/aromatic N) is 1. The van der Waals surface area contributed by atoms with E-state index in [0.717, 1.165) is 16.5 Å². The number of rotatable bonds is 11. The molecule has 34 heavy (non-hydrogen) atoms. The zero-order chi connectivity index (χ0) is 25.3. The Morgan fingerprint density at radius 2 is 1.74 bits per heavy atom. The van der Waals surface area contributed by atoms with Crippen LogP contribution in [-0.4, -0.2) is 41.9 Å². The van der Waals surface area contributed by atoms with Crippen LogP contribution >= 0.6 is 15.9 Å². The van der Waals surface area contributed by atoms with Crippen LogP contribution in [-0.2, 0) is 21.4 Å². The van der Waals surface area contributed by atoms with Crippen molar-refractivity contribution >= 4 is 27.7 Å². The van der Waals surface area contributed by atoms with E-state index in [9.17, 15) is 9.59 Å². The molecule has 2 aromatic rings. The van der Waals surface area contributed by atoms with E-state index >= 15 is 0 Å². The fourth-order valence-electron chi connectivity index (χ4n) is 3.64. The molecule has 0 spiro atoms. The van der Waals surface area contributed by atoms with Crippen LogP contribution in [0.4, 0.5) is 0 Å². The Morgan fingerprint density at radius 1 is 1.06 bits per heavy atom. The van der Waals surface area contributed by atoms with E-state index in [1.54, 1.807) is 4.90 Å². The Labute approximate surface area is 213 Å². The number of nitrogens with one attached hydrogen (secondary N) is 1. The molecule has 1 N–H and O–H groups in total. The van der Waals surface area contributed by atoms with Gasteiger partial charge in [0.15, 0.2) is 6.61 Å². The molecule has 2 aromatic carbocycles. The van der Waals surface area contributed by atoms with Crippen molar-refractivity contribution in [1.82, 2.24) is 10.2 Å². The standard InChI is InChI=1S/C28H39BrN2O3/c1-7-20(3)30-27(33)24(8-2)31(17-16-21-12-10-9-11-13-21)26(32)19-34-25-15-14-22(18-23(25)29)28(4,5)6/h9-15,18,20,24H,7-8,16-17,19H2,1-6H3,(H,30,33)/t20-,24+/m0/s1. The summed E-state index contributed by atoms with van der Waals surface area (Å²) in [4.78, 5) is 28.0. The maximum atomic E-state index is 13.3. The highest BCUT2D eigenvalue weighted by molar-refractivity contribution is 9.10. The smallest absolute Gasteiger partial charge is 0.261 e. The molecule has 6 heteroatoms. The van der Waals surface area contributed by atoms with Gasteiger partial charge >= 0.3 is 0 Å². The van der Waals surface area contributed by atoms with Gasteiger partial charge in [-0.05, 0) is 70.8 Å². The second-order valence-corrected chi connectivity index (χ2v) is 10.6. The summed E-state index contributed by atoms with van der Waals surface area (Å²) in [6.45, 7) is 12.7. The van der Waals surface area contributed by atoms with Gasteiger partial charge in [0, 0.05) is 12.6 Å². The normalized spacial score (nSPS) is 13.1. The molecule has 0 aliphatic rings. The van der Waals surface area contributed by atoms with Gasteiger partial charge in [0.25, 0.3) is 5.91 Å². The molecule has 0 heterocycles. The second kappa shape index (κ2) is 12.9. The lowest BCUT2D eigenvalue weighted by atomic mass is 9.87. The predicted molar refractivity (Wildman–Crippen MR) is 142 cm³/mol. The van der Waals surface area contributed by atoms with Gasteiger partial charge < -0.3 is 15.0 Å². The number of halogens is 1. The number of carbonyl (C=O) groups excluding carboxylic acids is 2. The average Bonchev–Trinajstić information content (AvgIpc) is 2.80. The van der Waals surface area contributed by atoms with Crippen LogP contribution < -0.4 is 10.1 Å². The maximum absolute atomic E-state index is 13.3. The van der Waals surface area contributed by atoms with Crippen LogP contribution in [0.5, 0.6) is 5.75 Å². The van der Waals surface area contributed by atoms with E-state index < -0.39 is 6.04 Å². The molecule has 0 saturated carbocycles. The second-order valence-electron chi connectivity index (χ2n) is 9.75. The van der Waals surface area contributed by atoms with Gasteiger partial charge in [-0.15, -0.1) is 0 Å². The van der Waals surface area contributed by atoms with Crippen LogP contribution in [0.2, 0.25) is 0 Å². The van der Waals surface area contributed by atoms with Gasteiger partial charge in [0.05, 0.1) is 4.47 Å². The molecule has 2 atom stereocenters. The summed E-state index contributed by atoms with van der Waals surface area (Å²) in [5.41, 5.74) is 2.32. The van der Waals surface area contributed by atoms with E-state index in [1.165, 1.54) is 5.56 Å². The molecule has 0 unspecified atom stereocenters. The maximum Gasteiger partial charge on any atom is 0.261 e. The monoisotopic (exact) mass is 530 g/mol. The summed E-state index contributed by atoms with van der Waals surface area (Å²) in [6.07, 6.45) is 2.04. The summed E-state index contributed by atoms with van der Waals surface area (Å²) in [6, 6.07) is 15.5. The number of benzene rings is 2. The van der Waals surface area contributed by atoms with Crippen molar-refractivity contribution in [2.75, 3.05) is 13.2 Å². The van der Waals surface area contributed by atoms with Crippen molar-refractivity contribution < 1.29 is 14.3 Å². The summed E-state index contributed by atoms with van der Waals surface area (Å²) in [5, 5.41) is 3.04. The number of amides is 2. The topological polar surface area (TPSA) is 58.6 Å². The summed E-state index contributed by atoms with van der Waals surface area (Å²) in [7, 11) is 0. The first-order chi connectivity index (χ1) is 16.1. The van der Waals surface area contributed by atoms with Gasteiger partial charge in [-0.3, -0.25) is 9.59 Å². The van der Waals surface area contributed by atoms with Gasteiger partial charge in [-0.2, -0.15) is 0 Å². The minimum atomic E-state index is -0.541. The summed E-state index contributed by atoms with van der Waals surface area (Å²) in [5.74, 6) is 0.296. The van der Waals surface area contributed by atoms with Crippen molar-refractivity contribution in [3.8, 4) is 5.75 Å². The van der Waals surface area contributed by atoms with E-state index in [0.29, 0.717) is 25.1 Å². The molecule has 0 bridgehead atoms. The zero-order valence-electron chi connectivity index (χ0n) is 21.4. The first-order valence-corrected chi connectivity index (χ1v) is 12.9. The van der Waals surface area contributed by atoms with Crippen LogP contribution in [0.15, 0.2) is 53.0 Å². The molecule has 0 aliphatic heterocycles. The lowest BCUT2D eigenvalue weighted by Crippen LogP contribution is -2.52.